The smallest absolute Gasteiger partial charge is 0.156 e. The normalized spacial score (nSPS) is 10.9. The number of anilines is 1. The minimum Gasteiger partial charge on any atom is -0.459 e. The summed E-state index contributed by atoms with van der Waals surface area (Å²) in [7, 11) is 1.63. The fraction of sp³-hybridized carbons (Fsp3) is 0.278. The van der Waals surface area contributed by atoms with E-state index < -0.39 is 0 Å². The second-order valence-corrected chi connectivity index (χ2v) is 5.39. The number of hydrogen-bond donors (Lipinski definition) is 0. The molecule has 0 unspecified atom stereocenters. The molecule has 0 aliphatic carbocycles. The first-order valence-electron chi connectivity index (χ1n) is 7.79. The molecule has 0 saturated carbocycles. The highest BCUT2D eigenvalue weighted by Crippen LogP contribution is 2.21. The molecule has 3 heterocycles. The van der Waals surface area contributed by atoms with Crippen LogP contribution in [-0.4, -0.2) is 28.6 Å². The summed E-state index contributed by atoms with van der Waals surface area (Å²) in [5, 5.41) is 0.999. The summed E-state index contributed by atoms with van der Waals surface area (Å²) in [5.41, 5.74) is 0.839. The van der Waals surface area contributed by atoms with Gasteiger partial charge in [-0.25, -0.2) is 9.97 Å². The van der Waals surface area contributed by atoms with E-state index in [4.69, 9.17) is 9.15 Å². The summed E-state index contributed by atoms with van der Waals surface area (Å²) in [6, 6.07) is 5.78. The summed E-state index contributed by atoms with van der Waals surface area (Å²) in [4.78, 5) is 15.1. The van der Waals surface area contributed by atoms with Gasteiger partial charge in [-0.15, -0.1) is 6.58 Å². The molecule has 124 valence electrons. The van der Waals surface area contributed by atoms with Gasteiger partial charge < -0.3 is 14.1 Å². The highest BCUT2D eigenvalue weighted by Gasteiger charge is 2.13. The highest BCUT2D eigenvalue weighted by atomic mass is 16.5. The predicted molar refractivity (Wildman–Crippen MR) is 92.6 cm³/mol. The third kappa shape index (κ3) is 3.78. The molecule has 6 nitrogen and oxygen atoms in total. The number of ether oxygens (including phenoxy) is 1. The first-order chi connectivity index (χ1) is 11.8. The average molecular weight is 324 g/mol. The lowest BCUT2D eigenvalue weighted by Crippen LogP contribution is -2.25. The summed E-state index contributed by atoms with van der Waals surface area (Å²) in [6.45, 7) is 5.60. The maximum absolute atomic E-state index is 5.90. The van der Waals surface area contributed by atoms with E-state index in [0.29, 0.717) is 19.0 Å². The molecule has 0 fully saturated rings. The molecule has 3 rings (SSSR count). The van der Waals surface area contributed by atoms with Crippen LogP contribution in [0.1, 0.15) is 18.0 Å². The molecule has 0 aliphatic heterocycles. The Morgan fingerprint density at radius 2 is 2.25 bits per heavy atom. The number of aromatic nitrogens is 3. The maximum atomic E-state index is 5.90. The summed E-state index contributed by atoms with van der Waals surface area (Å²) >= 11 is 0. The number of hydrogen-bond acceptors (Lipinski definition) is 6. The van der Waals surface area contributed by atoms with Gasteiger partial charge in [0.05, 0.1) is 6.54 Å². The van der Waals surface area contributed by atoms with Gasteiger partial charge >= 0.3 is 0 Å². The van der Waals surface area contributed by atoms with Crippen molar-refractivity contribution in [2.24, 2.45) is 0 Å². The quantitative estimate of drug-likeness (QED) is 0.592. The first-order valence-corrected chi connectivity index (χ1v) is 7.79. The molecular weight excluding hydrogens is 304 g/mol. The molecular formula is C18H20N4O2. The zero-order valence-electron chi connectivity index (χ0n) is 13.7. The Balaban J connectivity index is 1.85. The van der Waals surface area contributed by atoms with Crippen molar-refractivity contribution in [3.8, 4) is 0 Å². The second-order valence-electron chi connectivity index (χ2n) is 5.39. The minimum atomic E-state index is 0.388. The average Bonchev–Trinajstić information content (AvgIpc) is 3.01. The van der Waals surface area contributed by atoms with Crippen molar-refractivity contribution in [3.05, 3.63) is 61.0 Å². The molecule has 0 radical (unpaired) electrons. The van der Waals surface area contributed by atoms with Crippen LogP contribution in [0.4, 0.5) is 5.82 Å². The fourth-order valence-electron chi connectivity index (χ4n) is 2.49. The van der Waals surface area contributed by atoms with Crippen LogP contribution < -0.4 is 4.90 Å². The molecule has 0 amide bonds. The van der Waals surface area contributed by atoms with E-state index in [0.717, 1.165) is 35.5 Å². The Bertz CT molecular complexity index is 782. The molecule has 0 aromatic carbocycles. The van der Waals surface area contributed by atoms with Crippen LogP contribution in [0.5, 0.6) is 0 Å². The third-order valence-corrected chi connectivity index (χ3v) is 3.61. The summed E-state index contributed by atoms with van der Waals surface area (Å²) in [6.07, 6.45) is 8.03. The van der Waals surface area contributed by atoms with Crippen LogP contribution in [-0.2, 0) is 17.9 Å². The molecule has 24 heavy (non-hydrogen) atoms. The first kappa shape index (κ1) is 16.1. The zero-order valence-corrected chi connectivity index (χ0v) is 13.7. The van der Waals surface area contributed by atoms with Crippen molar-refractivity contribution in [2.45, 2.75) is 19.6 Å². The van der Waals surface area contributed by atoms with E-state index in [-0.39, 0.29) is 0 Å². The monoisotopic (exact) mass is 324 g/mol. The Morgan fingerprint density at radius 3 is 3.04 bits per heavy atom. The fourth-order valence-corrected chi connectivity index (χ4v) is 2.49. The van der Waals surface area contributed by atoms with Crippen LogP contribution in [0.2, 0.25) is 0 Å². The molecule has 6 heteroatoms. The lowest BCUT2D eigenvalue weighted by Gasteiger charge is -2.22. The minimum absolute atomic E-state index is 0.388. The molecule has 0 spiro atoms. The van der Waals surface area contributed by atoms with E-state index in [1.807, 2.05) is 24.3 Å². The van der Waals surface area contributed by atoms with E-state index in [9.17, 15) is 0 Å². The molecule has 0 N–H and O–H groups in total. The lowest BCUT2D eigenvalue weighted by molar-refractivity contribution is 0.178. The Labute approximate surface area is 140 Å². The van der Waals surface area contributed by atoms with Gasteiger partial charge in [0.2, 0.25) is 0 Å². The topological polar surface area (TPSA) is 64.3 Å². The Kier molecular flexibility index (Phi) is 5.18. The molecule has 0 saturated heterocycles. The lowest BCUT2D eigenvalue weighted by atomic mass is 10.3. The van der Waals surface area contributed by atoms with Gasteiger partial charge in [0.25, 0.3) is 0 Å². The SMILES string of the molecule is C=CCCN(Cc1cc2cnccc2o1)c1ccnc(COC)n1. The van der Waals surface area contributed by atoms with Gasteiger partial charge in [-0.05, 0) is 24.6 Å². The number of furan rings is 1. The van der Waals surface area contributed by atoms with Crippen LogP contribution in [0.3, 0.4) is 0 Å². The number of rotatable bonds is 8. The highest BCUT2D eigenvalue weighted by molar-refractivity contribution is 5.76. The van der Waals surface area contributed by atoms with E-state index in [2.05, 4.69) is 26.4 Å². The number of pyridine rings is 1. The second kappa shape index (κ2) is 7.70. The van der Waals surface area contributed by atoms with E-state index in [1.165, 1.54) is 0 Å². The number of methoxy groups -OCH3 is 1. The van der Waals surface area contributed by atoms with Gasteiger partial charge in [0, 0.05) is 37.6 Å². The largest absolute Gasteiger partial charge is 0.459 e. The summed E-state index contributed by atoms with van der Waals surface area (Å²) < 4.78 is 11.0. The Hall–Kier alpha value is -2.73. The Morgan fingerprint density at radius 1 is 1.33 bits per heavy atom. The molecule has 0 bridgehead atoms. The molecule has 3 aromatic rings. The van der Waals surface area contributed by atoms with E-state index >= 15 is 0 Å². The van der Waals surface area contributed by atoms with Gasteiger partial charge in [0.1, 0.15) is 23.8 Å². The van der Waals surface area contributed by atoms with Gasteiger partial charge in [-0.1, -0.05) is 6.08 Å². The predicted octanol–water partition coefficient (Wildman–Crippen LogP) is 3.35. The molecule has 0 aliphatic rings. The van der Waals surface area contributed by atoms with Crippen molar-refractivity contribution >= 4 is 16.8 Å². The third-order valence-electron chi connectivity index (χ3n) is 3.61. The molecule has 3 aromatic heterocycles. The van der Waals surface area contributed by atoms with Crippen LogP contribution in [0, 0.1) is 0 Å². The zero-order chi connectivity index (χ0) is 16.8. The number of fused-ring (bicyclic) bond motifs is 1. The van der Waals surface area contributed by atoms with Crippen molar-refractivity contribution in [3.63, 3.8) is 0 Å². The molecule has 0 atom stereocenters. The number of nitrogens with zero attached hydrogens (tertiary/aromatic N) is 4. The van der Waals surface area contributed by atoms with Crippen molar-refractivity contribution in [2.75, 3.05) is 18.6 Å². The van der Waals surface area contributed by atoms with Gasteiger partial charge in [0.15, 0.2) is 5.82 Å². The standard InChI is InChI=1S/C18H20N4O2/c1-3-4-9-22(18-6-8-20-17(21-18)13-23-2)12-15-10-14-11-19-7-5-16(14)24-15/h3,5-8,10-11H,1,4,9,12-13H2,2H3. The van der Waals surface area contributed by atoms with Crippen LogP contribution >= 0.6 is 0 Å². The van der Waals surface area contributed by atoms with Crippen molar-refractivity contribution in [1.82, 2.24) is 15.0 Å². The van der Waals surface area contributed by atoms with E-state index in [1.54, 1.807) is 25.7 Å². The van der Waals surface area contributed by atoms with Crippen LogP contribution in [0.15, 0.2) is 53.9 Å². The summed E-state index contributed by atoms with van der Waals surface area (Å²) in [5.74, 6) is 2.37. The van der Waals surface area contributed by atoms with Crippen molar-refractivity contribution < 1.29 is 9.15 Å². The van der Waals surface area contributed by atoms with Crippen molar-refractivity contribution in [1.29, 1.82) is 0 Å². The van der Waals surface area contributed by atoms with Gasteiger partial charge in [-0.3, -0.25) is 4.98 Å². The maximum Gasteiger partial charge on any atom is 0.156 e. The van der Waals surface area contributed by atoms with Crippen LogP contribution in [0.25, 0.3) is 11.0 Å². The van der Waals surface area contributed by atoms with Gasteiger partial charge in [-0.2, -0.15) is 0 Å².